The lowest BCUT2D eigenvalue weighted by atomic mass is 10.2. The van der Waals surface area contributed by atoms with Gasteiger partial charge in [0.05, 0.1) is 16.9 Å². The molecule has 1 amide bonds. The fourth-order valence-electron chi connectivity index (χ4n) is 2.35. The SMILES string of the molecule is NC/C(=C/F)COc1ccc(C(=O)Nc2ncnc3ccccc23)cc1Cl. The van der Waals surface area contributed by atoms with E-state index in [1.165, 1.54) is 12.4 Å². The monoisotopic (exact) mass is 386 g/mol. The van der Waals surface area contributed by atoms with E-state index in [-0.39, 0.29) is 24.1 Å². The zero-order chi connectivity index (χ0) is 19.2. The van der Waals surface area contributed by atoms with E-state index < -0.39 is 0 Å². The number of rotatable bonds is 6. The molecule has 1 heterocycles. The Morgan fingerprint density at radius 1 is 1.26 bits per heavy atom. The van der Waals surface area contributed by atoms with Crippen molar-refractivity contribution in [1.29, 1.82) is 0 Å². The third-order valence-electron chi connectivity index (χ3n) is 3.80. The van der Waals surface area contributed by atoms with E-state index in [1.807, 2.05) is 24.3 Å². The summed E-state index contributed by atoms with van der Waals surface area (Å²) < 4.78 is 17.9. The molecule has 0 fully saturated rings. The maximum Gasteiger partial charge on any atom is 0.256 e. The molecule has 0 unspecified atom stereocenters. The molecule has 27 heavy (non-hydrogen) atoms. The van der Waals surface area contributed by atoms with Gasteiger partial charge in [0.25, 0.3) is 5.91 Å². The van der Waals surface area contributed by atoms with Gasteiger partial charge in [-0.2, -0.15) is 0 Å². The number of carbonyl (C=O) groups excluding carboxylic acids is 1. The van der Waals surface area contributed by atoms with Gasteiger partial charge in [0.15, 0.2) is 0 Å². The van der Waals surface area contributed by atoms with Crippen LogP contribution in [-0.2, 0) is 0 Å². The minimum Gasteiger partial charge on any atom is -0.488 e. The van der Waals surface area contributed by atoms with Gasteiger partial charge in [-0.15, -0.1) is 0 Å². The van der Waals surface area contributed by atoms with Gasteiger partial charge in [0, 0.05) is 23.1 Å². The van der Waals surface area contributed by atoms with Crippen molar-refractivity contribution in [3.05, 3.63) is 71.3 Å². The van der Waals surface area contributed by atoms with Crippen LogP contribution < -0.4 is 15.8 Å². The number of nitrogens with two attached hydrogens (primary N) is 1. The Bertz CT molecular complexity index is 1000. The lowest BCUT2D eigenvalue weighted by Gasteiger charge is -2.11. The molecule has 3 N–H and O–H groups in total. The lowest BCUT2D eigenvalue weighted by molar-refractivity contribution is 0.102. The van der Waals surface area contributed by atoms with Crippen LogP contribution in [0.25, 0.3) is 10.9 Å². The van der Waals surface area contributed by atoms with E-state index in [0.29, 0.717) is 29.0 Å². The molecule has 0 saturated heterocycles. The Morgan fingerprint density at radius 2 is 2.07 bits per heavy atom. The molecule has 8 heteroatoms. The average Bonchev–Trinajstić information content (AvgIpc) is 2.70. The Morgan fingerprint density at radius 3 is 2.81 bits per heavy atom. The second-order valence-electron chi connectivity index (χ2n) is 5.60. The first-order valence-corrected chi connectivity index (χ1v) is 8.42. The van der Waals surface area contributed by atoms with Crippen LogP contribution in [0, 0.1) is 0 Å². The van der Waals surface area contributed by atoms with Crippen LogP contribution in [0.15, 0.2) is 60.7 Å². The zero-order valence-electron chi connectivity index (χ0n) is 14.2. The van der Waals surface area contributed by atoms with Crippen molar-refractivity contribution in [2.45, 2.75) is 0 Å². The van der Waals surface area contributed by atoms with E-state index in [0.717, 1.165) is 10.9 Å². The molecule has 0 bridgehead atoms. The molecule has 0 aliphatic carbocycles. The van der Waals surface area contributed by atoms with Crippen LogP contribution in [0.3, 0.4) is 0 Å². The molecule has 3 aromatic rings. The lowest BCUT2D eigenvalue weighted by Crippen LogP contribution is -2.14. The van der Waals surface area contributed by atoms with E-state index >= 15 is 0 Å². The van der Waals surface area contributed by atoms with E-state index in [1.54, 1.807) is 12.1 Å². The predicted molar refractivity (Wildman–Crippen MR) is 103 cm³/mol. The number of halogens is 2. The van der Waals surface area contributed by atoms with Crippen LogP contribution in [0.4, 0.5) is 10.2 Å². The molecule has 2 aromatic carbocycles. The highest BCUT2D eigenvalue weighted by molar-refractivity contribution is 6.32. The van der Waals surface area contributed by atoms with Crippen molar-refractivity contribution in [1.82, 2.24) is 9.97 Å². The van der Waals surface area contributed by atoms with Gasteiger partial charge in [-0.05, 0) is 30.3 Å². The number of fused-ring (bicyclic) bond motifs is 1. The van der Waals surface area contributed by atoms with Crippen LogP contribution in [0.2, 0.25) is 5.02 Å². The Balaban J connectivity index is 1.76. The number of hydrogen-bond donors (Lipinski definition) is 2. The van der Waals surface area contributed by atoms with E-state index in [9.17, 15) is 9.18 Å². The summed E-state index contributed by atoms with van der Waals surface area (Å²) >= 11 is 6.17. The fourth-order valence-corrected chi connectivity index (χ4v) is 2.58. The second-order valence-corrected chi connectivity index (χ2v) is 6.01. The molecule has 6 nitrogen and oxygen atoms in total. The summed E-state index contributed by atoms with van der Waals surface area (Å²) in [5, 5.41) is 3.71. The minimum atomic E-state index is -0.376. The summed E-state index contributed by atoms with van der Waals surface area (Å²) in [5.74, 6) is 0.356. The number of aromatic nitrogens is 2. The van der Waals surface area contributed by atoms with Gasteiger partial charge in [-0.3, -0.25) is 4.79 Å². The van der Waals surface area contributed by atoms with E-state index in [2.05, 4.69) is 15.3 Å². The summed E-state index contributed by atoms with van der Waals surface area (Å²) in [4.78, 5) is 20.8. The van der Waals surface area contributed by atoms with Crippen LogP contribution in [-0.4, -0.2) is 29.0 Å². The Hall–Kier alpha value is -3.03. The number of hydrogen-bond acceptors (Lipinski definition) is 5. The van der Waals surface area contributed by atoms with Crippen molar-refractivity contribution < 1.29 is 13.9 Å². The summed E-state index contributed by atoms with van der Waals surface area (Å²) in [6.07, 6.45) is 1.79. The van der Waals surface area contributed by atoms with Crippen molar-refractivity contribution in [3.8, 4) is 5.75 Å². The van der Waals surface area contributed by atoms with E-state index in [4.69, 9.17) is 22.1 Å². The molecular formula is C19H16ClFN4O2. The number of para-hydroxylation sites is 1. The first kappa shape index (κ1) is 18.8. The zero-order valence-corrected chi connectivity index (χ0v) is 14.9. The molecule has 138 valence electrons. The molecule has 0 aliphatic rings. The highest BCUT2D eigenvalue weighted by atomic mass is 35.5. The maximum absolute atomic E-state index is 12.5. The molecule has 0 saturated carbocycles. The highest BCUT2D eigenvalue weighted by Gasteiger charge is 2.12. The topological polar surface area (TPSA) is 90.1 Å². The van der Waals surface area contributed by atoms with Gasteiger partial charge >= 0.3 is 0 Å². The number of nitrogens with one attached hydrogen (secondary N) is 1. The average molecular weight is 387 g/mol. The van der Waals surface area contributed by atoms with Gasteiger partial charge in [-0.1, -0.05) is 23.7 Å². The summed E-state index contributed by atoms with van der Waals surface area (Å²) in [5.41, 5.74) is 6.72. The third kappa shape index (κ3) is 4.39. The van der Waals surface area contributed by atoms with Crippen molar-refractivity contribution in [3.63, 3.8) is 0 Å². The fraction of sp³-hybridized carbons (Fsp3) is 0.105. The first-order valence-electron chi connectivity index (χ1n) is 8.04. The Labute approximate surface area is 159 Å². The maximum atomic E-state index is 12.5. The van der Waals surface area contributed by atoms with Gasteiger partial charge < -0.3 is 15.8 Å². The standard InChI is InChI=1S/C19H16ClFN4O2/c20-15-7-13(5-6-17(15)27-10-12(8-21)9-22)19(26)25-18-14-3-1-2-4-16(14)23-11-24-18/h1-8,11H,9-10,22H2,(H,23,24,25,26)/b12-8-. The number of nitrogens with zero attached hydrogens (tertiary/aromatic N) is 2. The summed E-state index contributed by atoms with van der Waals surface area (Å²) in [6, 6.07) is 11.9. The van der Waals surface area contributed by atoms with Crippen molar-refractivity contribution in [2.24, 2.45) is 5.73 Å². The van der Waals surface area contributed by atoms with Crippen LogP contribution in [0.1, 0.15) is 10.4 Å². The van der Waals surface area contributed by atoms with Gasteiger partial charge in [0.1, 0.15) is 24.5 Å². The minimum absolute atomic E-state index is 0.0226. The predicted octanol–water partition coefficient (Wildman–Crippen LogP) is 3.73. The normalized spacial score (nSPS) is 11.4. The molecule has 0 aliphatic heterocycles. The quantitative estimate of drug-likeness (QED) is 0.673. The molecule has 1 aromatic heterocycles. The number of anilines is 1. The number of amides is 1. The summed E-state index contributed by atoms with van der Waals surface area (Å²) in [6.45, 7) is 0.0205. The first-order chi connectivity index (χ1) is 13.1. The smallest absolute Gasteiger partial charge is 0.256 e. The Kier molecular flexibility index (Phi) is 5.95. The summed E-state index contributed by atoms with van der Waals surface area (Å²) in [7, 11) is 0. The molecular weight excluding hydrogens is 371 g/mol. The third-order valence-corrected chi connectivity index (χ3v) is 4.09. The van der Waals surface area contributed by atoms with Crippen LogP contribution in [0.5, 0.6) is 5.75 Å². The number of carbonyl (C=O) groups is 1. The van der Waals surface area contributed by atoms with Crippen molar-refractivity contribution in [2.75, 3.05) is 18.5 Å². The molecule has 3 rings (SSSR count). The highest BCUT2D eigenvalue weighted by Crippen LogP contribution is 2.27. The second kappa shape index (κ2) is 8.57. The van der Waals surface area contributed by atoms with Gasteiger partial charge in [-0.25, -0.2) is 14.4 Å². The number of ether oxygens (including phenoxy) is 1. The van der Waals surface area contributed by atoms with Crippen molar-refractivity contribution >= 4 is 34.2 Å². The number of benzene rings is 2. The van der Waals surface area contributed by atoms with Crippen LogP contribution >= 0.6 is 11.6 Å². The largest absolute Gasteiger partial charge is 0.488 e. The van der Waals surface area contributed by atoms with Gasteiger partial charge in [0.2, 0.25) is 0 Å². The molecule has 0 atom stereocenters. The molecule has 0 spiro atoms. The molecule has 0 radical (unpaired) electrons.